The van der Waals surface area contributed by atoms with Crippen LogP contribution in [-0.2, 0) is 12.7 Å². The molecule has 2 aromatic heterocycles. The number of amides is 1. The zero-order valence-corrected chi connectivity index (χ0v) is 12.5. The van der Waals surface area contributed by atoms with Crippen LogP contribution in [-0.4, -0.2) is 36.7 Å². The van der Waals surface area contributed by atoms with E-state index in [9.17, 15) is 18.0 Å². The first kappa shape index (κ1) is 16.0. The number of fused-ring (bicyclic) bond motifs is 1. The molecule has 24 heavy (non-hydrogen) atoms. The molecule has 0 unspecified atom stereocenters. The van der Waals surface area contributed by atoms with Crippen LogP contribution in [0, 0.1) is 0 Å². The van der Waals surface area contributed by atoms with Gasteiger partial charge in [-0.25, -0.2) is 9.97 Å². The first-order chi connectivity index (χ1) is 11.3. The SMILES string of the molecule is C[C@@H](Cn1cncn1)NC(=O)c1ccc2nc(C(F)(F)F)[nH]c2c1. The molecule has 0 radical (unpaired) electrons. The molecule has 0 fully saturated rings. The van der Waals surface area contributed by atoms with Crippen molar-refractivity contribution >= 4 is 16.9 Å². The molecule has 0 aliphatic carbocycles. The van der Waals surface area contributed by atoms with E-state index in [1.807, 2.05) is 0 Å². The average Bonchev–Trinajstić information content (AvgIpc) is 3.14. The summed E-state index contributed by atoms with van der Waals surface area (Å²) in [6.07, 6.45) is -1.65. The summed E-state index contributed by atoms with van der Waals surface area (Å²) in [6, 6.07) is 3.91. The van der Waals surface area contributed by atoms with Crippen LogP contribution in [0.3, 0.4) is 0 Å². The number of benzene rings is 1. The third kappa shape index (κ3) is 3.36. The fourth-order valence-electron chi connectivity index (χ4n) is 2.25. The molecule has 2 N–H and O–H groups in total. The molecule has 10 heteroatoms. The molecule has 0 aliphatic rings. The molecule has 1 atom stereocenters. The second-order valence-corrected chi connectivity index (χ2v) is 5.31. The number of aromatic amines is 1. The van der Waals surface area contributed by atoms with Crippen molar-refractivity contribution in [2.45, 2.75) is 25.7 Å². The molecular formula is C14H13F3N6O. The van der Waals surface area contributed by atoms with E-state index in [4.69, 9.17) is 0 Å². The summed E-state index contributed by atoms with van der Waals surface area (Å²) in [5, 5.41) is 6.69. The van der Waals surface area contributed by atoms with E-state index in [2.05, 4.69) is 25.4 Å². The van der Waals surface area contributed by atoms with Crippen molar-refractivity contribution in [3.63, 3.8) is 0 Å². The molecule has 1 amide bonds. The van der Waals surface area contributed by atoms with E-state index in [0.29, 0.717) is 6.54 Å². The van der Waals surface area contributed by atoms with Crippen LogP contribution in [0.4, 0.5) is 13.2 Å². The lowest BCUT2D eigenvalue weighted by atomic mass is 10.1. The van der Waals surface area contributed by atoms with Gasteiger partial charge in [0, 0.05) is 11.6 Å². The van der Waals surface area contributed by atoms with Gasteiger partial charge in [0.2, 0.25) is 5.82 Å². The van der Waals surface area contributed by atoms with Crippen molar-refractivity contribution in [2.75, 3.05) is 0 Å². The predicted octanol–water partition coefficient (Wildman–Crippen LogP) is 1.99. The minimum absolute atomic E-state index is 0.148. The maximum Gasteiger partial charge on any atom is 0.449 e. The van der Waals surface area contributed by atoms with E-state index in [-0.39, 0.29) is 22.6 Å². The number of carbonyl (C=O) groups excluding carboxylic acids is 1. The lowest BCUT2D eigenvalue weighted by Gasteiger charge is -2.13. The monoisotopic (exact) mass is 338 g/mol. The Balaban J connectivity index is 1.74. The summed E-state index contributed by atoms with van der Waals surface area (Å²) in [5.41, 5.74) is 0.541. The van der Waals surface area contributed by atoms with Gasteiger partial charge in [0.05, 0.1) is 17.6 Å². The fraction of sp³-hybridized carbons (Fsp3) is 0.286. The molecule has 0 aliphatic heterocycles. The number of rotatable bonds is 4. The van der Waals surface area contributed by atoms with E-state index in [1.165, 1.54) is 30.9 Å². The van der Waals surface area contributed by atoms with Crippen LogP contribution in [0.15, 0.2) is 30.9 Å². The smallest absolute Gasteiger partial charge is 0.348 e. The molecular weight excluding hydrogens is 325 g/mol. The summed E-state index contributed by atoms with van der Waals surface area (Å²) in [7, 11) is 0. The zero-order chi connectivity index (χ0) is 17.3. The van der Waals surface area contributed by atoms with E-state index in [0.717, 1.165) is 0 Å². The van der Waals surface area contributed by atoms with Gasteiger partial charge in [-0.05, 0) is 25.1 Å². The molecule has 0 spiro atoms. The molecule has 126 valence electrons. The molecule has 3 rings (SSSR count). The minimum Gasteiger partial charge on any atom is -0.348 e. The van der Waals surface area contributed by atoms with Gasteiger partial charge in [0.25, 0.3) is 5.91 Å². The Morgan fingerprint density at radius 1 is 1.42 bits per heavy atom. The maximum absolute atomic E-state index is 12.7. The van der Waals surface area contributed by atoms with Crippen molar-refractivity contribution in [1.82, 2.24) is 30.0 Å². The highest BCUT2D eigenvalue weighted by Crippen LogP contribution is 2.28. The normalized spacial score (nSPS) is 13.2. The summed E-state index contributed by atoms with van der Waals surface area (Å²) in [6.45, 7) is 2.21. The Labute approximate surface area is 133 Å². The number of carbonyl (C=O) groups is 1. The Bertz CT molecular complexity index is 855. The zero-order valence-electron chi connectivity index (χ0n) is 12.5. The van der Waals surface area contributed by atoms with E-state index in [1.54, 1.807) is 11.6 Å². The van der Waals surface area contributed by atoms with Gasteiger partial charge in [-0.2, -0.15) is 18.3 Å². The lowest BCUT2D eigenvalue weighted by molar-refractivity contribution is -0.144. The molecule has 7 nitrogen and oxygen atoms in total. The molecule has 0 bridgehead atoms. The minimum atomic E-state index is -4.56. The van der Waals surface area contributed by atoms with Gasteiger partial charge >= 0.3 is 6.18 Å². The Morgan fingerprint density at radius 3 is 2.88 bits per heavy atom. The van der Waals surface area contributed by atoms with Crippen molar-refractivity contribution < 1.29 is 18.0 Å². The van der Waals surface area contributed by atoms with Gasteiger partial charge in [-0.1, -0.05) is 0 Å². The van der Waals surface area contributed by atoms with Gasteiger partial charge in [-0.3, -0.25) is 9.48 Å². The van der Waals surface area contributed by atoms with Crippen LogP contribution >= 0.6 is 0 Å². The quantitative estimate of drug-likeness (QED) is 0.761. The number of alkyl halides is 3. The Morgan fingerprint density at radius 2 is 2.21 bits per heavy atom. The average molecular weight is 338 g/mol. The number of hydrogen-bond acceptors (Lipinski definition) is 4. The van der Waals surface area contributed by atoms with E-state index >= 15 is 0 Å². The first-order valence-electron chi connectivity index (χ1n) is 7.03. The summed E-state index contributed by atoms with van der Waals surface area (Å²) in [4.78, 5) is 21.7. The highest BCUT2D eigenvalue weighted by molar-refractivity contribution is 5.97. The van der Waals surface area contributed by atoms with E-state index < -0.39 is 17.9 Å². The molecule has 2 heterocycles. The van der Waals surface area contributed by atoms with Crippen LogP contribution in [0.5, 0.6) is 0 Å². The predicted molar refractivity (Wildman–Crippen MR) is 78.0 cm³/mol. The summed E-state index contributed by atoms with van der Waals surface area (Å²) < 4.78 is 39.5. The maximum atomic E-state index is 12.7. The third-order valence-electron chi connectivity index (χ3n) is 3.32. The number of halogens is 3. The van der Waals surface area contributed by atoms with Crippen LogP contribution in [0.2, 0.25) is 0 Å². The fourth-order valence-corrected chi connectivity index (χ4v) is 2.25. The Hall–Kier alpha value is -2.91. The second kappa shape index (κ2) is 5.95. The van der Waals surface area contributed by atoms with Gasteiger partial charge < -0.3 is 10.3 Å². The third-order valence-corrected chi connectivity index (χ3v) is 3.32. The van der Waals surface area contributed by atoms with Crippen molar-refractivity contribution in [3.8, 4) is 0 Å². The number of nitrogens with zero attached hydrogens (tertiary/aromatic N) is 4. The lowest BCUT2D eigenvalue weighted by Crippen LogP contribution is -2.35. The second-order valence-electron chi connectivity index (χ2n) is 5.31. The largest absolute Gasteiger partial charge is 0.449 e. The van der Waals surface area contributed by atoms with Crippen LogP contribution in [0.25, 0.3) is 11.0 Å². The van der Waals surface area contributed by atoms with Crippen LogP contribution in [0.1, 0.15) is 23.1 Å². The number of aromatic nitrogens is 5. The van der Waals surface area contributed by atoms with Crippen molar-refractivity contribution in [1.29, 1.82) is 0 Å². The van der Waals surface area contributed by atoms with Gasteiger partial charge in [0.1, 0.15) is 12.7 Å². The molecule has 0 saturated carbocycles. The topological polar surface area (TPSA) is 88.5 Å². The van der Waals surface area contributed by atoms with Gasteiger partial charge in [0.15, 0.2) is 0 Å². The van der Waals surface area contributed by atoms with Crippen molar-refractivity contribution in [2.24, 2.45) is 0 Å². The summed E-state index contributed by atoms with van der Waals surface area (Å²) >= 11 is 0. The standard InChI is InChI=1S/C14H13F3N6O/c1-8(5-23-7-18-6-19-23)20-12(24)9-2-3-10-11(4-9)22-13(21-10)14(15,16)17/h2-4,6-8H,5H2,1H3,(H,20,24)(H,21,22)/t8-/m0/s1. The number of hydrogen-bond donors (Lipinski definition) is 2. The Kier molecular flexibility index (Phi) is 3.96. The van der Waals surface area contributed by atoms with Gasteiger partial charge in [-0.15, -0.1) is 0 Å². The first-order valence-corrected chi connectivity index (χ1v) is 7.03. The molecule has 1 aromatic carbocycles. The molecule has 0 saturated heterocycles. The highest BCUT2D eigenvalue weighted by atomic mass is 19.4. The van der Waals surface area contributed by atoms with Crippen molar-refractivity contribution in [3.05, 3.63) is 42.2 Å². The summed E-state index contributed by atoms with van der Waals surface area (Å²) in [5.74, 6) is -1.48. The number of H-pyrrole nitrogens is 1. The van der Waals surface area contributed by atoms with Crippen LogP contribution < -0.4 is 5.32 Å². The number of nitrogens with one attached hydrogen (secondary N) is 2. The number of imidazole rings is 1. The highest BCUT2D eigenvalue weighted by Gasteiger charge is 2.34. The molecule has 3 aromatic rings.